The van der Waals surface area contributed by atoms with Gasteiger partial charge in [-0.25, -0.2) is 0 Å². The number of hydrogen-bond acceptors (Lipinski definition) is 5. The summed E-state index contributed by atoms with van der Waals surface area (Å²) in [4.78, 5) is 18.8. The van der Waals surface area contributed by atoms with Crippen molar-refractivity contribution in [3.8, 4) is 11.4 Å². The van der Waals surface area contributed by atoms with Crippen LogP contribution in [0.5, 0.6) is 0 Å². The average Bonchev–Trinajstić information content (AvgIpc) is 3.23. The Morgan fingerprint density at radius 1 is 1.50 bits per heavy atom. The van der Waals surface area contributed by atoms with Crippen LogP contribution in [-0.2, 0) is 11.2 Å². The second-order valence-corrected chi connectivity index (χ2v) is 6.45. The van der Waals surface area contributed by atoms with E-state index in [2.05, 4.69) is 17.1 Å². The number of nitrogens with zero attached hydrogens (tertiary/aromatic N) is 3. The maximum absolute atomic E-state index is 12.4. The first-order valence-corrected chi connectivity index (χ1v) is 8.87. The minimum Gasteiger partial charge on any atom is -0.340 e. The van der Waals surface area contributed by atoms with Crippen LogP contribution in [0.1, 0.15) is 44.9 Å². The molecule has 2 aromatic heterocycles. The highest BCUT2D eigenvalue weighted by molar-refractivity contribution is 7.08. The summed E-state index contributed by atoms with van der Waals surface area (Å²) >= 11 is 1.60. The number of carbonyl (C=O) groups is 1. The third kappa shape index (κ3) is 3.38. The lowest BCUT2D eigenvalue weighted by Gasteiger charge is -2.35. The summed E-state index contributed by atoms with van der Waals surface area (Å²) in [5.74, 6) is 1.36. The van der Waals surface area contributed by atoms with E-state index in [1.54, 1.807) is 11.3 Å². The second-order valence-electron chi connectivity index (χ2n) is 5.67. The normalized spacial score (nSPS) is 18.6. The van der Waals surface area contributed by atoms with Crippen molar-refractivity contribution < 1.29 is 9.32 Å². The molecule has 0 radical (unpaired) electrons. The summed E-state index contributed by atoms with van der Waals surface area (Å²) in [7, 11) is 0. The highest BCUT2D eigenvalue weighted by Gasteiger charge is 2.25. The van der Waals surface area contributed by atoms with Gasteiger partial charge in [0.25, 0.3) is 0 Å². The number of hydrogen-bond donors (Lipinski definition) is 0. The van der Waals surface area contributed by atoms with Gasteiger partial charge >= 0.3 is 0 Å². The Hall–Kier alpha value is -1.69. The smallest absolute Gasteiger partial charge is 0.227 e. The molecule has 1 atom stereocenters. The molecular weight excluding hydrogens is 298 g/mol. The molecule has 5 nitrogen and oxygen atoms in total. The highest BCUT2D eigenvalue weighted by Crippen LogP contribution is 2.22. The lowest BCUT2D eigenvalue weighted by molar-refractivity contribution is -0.135. The van der Waals surface area contributed by atoms with E-state index in [-0.39, 0.29) is 5.91 Å². The zero-order valence-corrected chi connectivity index (χ0v) is 13.6. The number of piperidine rings is 1. The van der Waals surface area contributed by atoms with Crippen molar-refractivity contribution in [1.82, 2.24) is 15.0 Å². The molecule has 2 aromatic rings. The van der Waals surface area contributed by atoms with Gasteiger partial charge in [-0.1, -0.05) is 12.1 Å². The Morgan fingerprint density at radius 2 is 2.41 bits per heavy atom. The topological polar surface area (TPSA) is 59.2 Å². The Bertz CT molecular complexity index is 609. The Kier molecular flexibility index (Phi) is 4.87. The molecule has 22 heavy (non-hydrogen) atoms. The van der Waals surface area contributed by atoms with Crippen LogP contribution in [0.4, 0.5) is 0 Å². The third-order valence-corrected chi connectivity index (χ3v) is 4.90. The monoisotopic (exact) mass is 319 g/mol. The van der Waals surface area contributed by atoms with E-state index in [4.69, 9.17) is 4.52 Å². The minimum absolute atomic E-state index is 0.210. The first-order valence-electron chi connectivity index (χ1n) is 7.92. The van der Waals surface area contributed by atoms with Crippen molar-refractivity contribution in [3.05, 3.63) is 22.7 Å². The van der Waals surface area contributed by atoms with Crippen LogP contribution in [0.25, 0.3) is 11.4 Å². The van der Waals surface area contributed by atoms with Gasteiger partial charge in [0.15, 0.2) is 0 Å². The van der Waals surface area contributed by atoms with Crippen molar-refractivity contribution >= 4 is 17.2 Å². The molecule has 1 aliphatic rings. The Morgan fingerprint density at radius 3 is 3.18 bits per heavy atom. The van der Waals surface area contributed by atoms with E-state index >= 15 is 0 Å². The summed E-state index contributed by atoms with van der Waals surface area (Å²) in [6.45, 7) is 3.04. The maximum Gasteiger partial charge on any atom is 0.227 e. The number of aryl methyl sites for hydroxylation is 1. The van der Waals surface area contributed by atoms with Crippen molar-refractivity contribution in [3.63, 3.8) is 0 Å². The molecule has 1 saturated heterocycles. The van der Waals surface area contributed by atoms with Crippen LogP contribution in [0.2, 0.25) is 0 Å². The Balaban J connectivity index is 1.57. The third-order valence-electron chi connectivity index (χ3n) is 4.22. The van der Waals surface area contributed by atoms with Crippen molar-refractivity contribution in [2.75, 3.05) is 6.54 Å². The molecule has 0 saturated carbocycles. The highest BCUT2D eigenvalue weighted by atomic mass is 32.1. The first kappa shape index (κ1) is 15.2. The van der Waals surface area contributed by atoms with Crippen molar-refractivity contribution in [2.24, 2.45) is 0 Å². The van der Waals surface area contributed by atoms with E-state index in [1.807, 2.05) is 21.7 Å². The number of thiophene rings is 1. The standard InChI is InChI=1S/C16H21N3O2S/c1-2-13-5-3-4-9-19(13)15(20)7-6-14-17-16(18-21-14)12-8-10-22-11-12/h8,10-11,13H,2-7,9H2,1H3/t13-/m1/s1. The molecule has 0 unspecified atom stereocenters. The zero-order valence-electron chi connectivity index (χ0n) is 12.8. The van der Waals surface area contributed by atoms with Gasteiger partial charge in [-0.2, -0.15) is 16.3 Å². The molecule has 0 bridgehead atoms. The van der Waals surface area contributed by atoms with E-state index in [9.17, 15) is 4.79 Å². The fourth-order valence-corrected chi connectivity index (χ4v) is 3.61. The summed E-state index contributed by atoms with van der Waals surface area (Å²) in [6.07, 6.45) is 5.48. The van der Waals surface area contributed by atoms with Gasteiger partial charge in [-0.05, 0) is 37.1 Å². The van der Waals surface area contributed by atoms with Gasteiger partial charge in [-0.3, -0.25) is 4.79 Å². The molecule has 6 heteroatoms. The molecule has 3 rings (SSSR count). The molecule has 118 valence electrons. The predicted octanol–water partition coefficient (Wildman–Crippen LogP) is 3.52. The van der Waals surface area contributed by atoms with Crippen LogP contribution in [0, 0.1) is 0 Å². The van der Waals surface area contributed by atoms with E-state index in [0.29, 0.717) is 30.6 Å². The molecule has 1 fully saturated rings. The molecule has 0 N–H and O–H groups in total. The van der Waals surface area contributed by atoms with E-state index in [0.717, 1.165) is 31.4 Å². The number of carbonyl (C=O) groups excluding carboxylic acids is 1. The van der Waals surface area contributed by atoms with E-state index < -0.39 is 0 Å². The number of rotatable bonds is 5. The molecule has 0 spiro atoms. The molecule has 1 amide bonds. The van der Waals surface area contributed by atoms with Gasteiger partial charge in [0.1, 0.15) is 0 Å². The van der Waals surface area contributed by atoms with E-state index in [1.165, 1.54) is 6.42 Å². The van der Waals surface area contributed by atoms with Crippen molar-refractivity contribution in [1.29, 1.82) is 0 Å². The SMILES string of the molecule is CC[C@@H]1CCCCN1C(=O)CCc1nc(-c2ccsc2)no1. The lowest BCUT2D eigenvalue weighted by Crippen LogP contribution is -2.43. The Labute approximate surface area is 134 Å². The maximum atomic E-state index is 12.4. The zero-order chi connectivity index (χ0) is 15.4. The minimum atomic E-state index is 0.210. The molecule has 1 aliphatic heterocycles. The van der Waals surface area contributed by atoms with Gasteiger partial charge in [0, 0.05) is 36.4 Å². The summed E-state index contributed by atoms with van der Waals surface area (Å²) < 4.78 is 5.25. The first-order chi connectivity index (χ1) is 10.8. The van der Waals surface area contributed by atoms with Crippen LogP contribution in [-0.4, -0.2) is 33.5 Å². The van der Waals surface area contributed by atoms with Gasteiger partial charge < -0.3 is 9.42 Å². The largest absolute Gasteiger partial charge is 0.340 e. The quantitative estimate of drug-likeness (QED) is 0.846. The summed E-state index contributed by atoms with van der Waals surface area (Å²) in [6, 6.07) is 2.37. The molecule has 0 aliphatic carbocycles. The van der Waals surface area contributed by atoms with Crippen LogP contribution in [0.15, 0.2) is 21.3 Å². The molecule has 3 heterocycles. The van der Waals surface area contributed by atoms with Crippen LogP contribution >= 0.6 is 11.3 Å². The number of aromatic nitrogens is 2. The fourth-order valence-electron chi connectivity index (χ4n) is 2.98. The van der Waals surface area contributed by atoms with Gasteiger partial charge in [-0.15, -0.1) is 0 Å². The summed E-state index contributed by atoms with van der Waals surface area (Å²) in [5.41, 5.74) is 0.966. The predicted molar refractivity (Wildman–Crippen MR) is 85.6 cm³/mol. The number of likely N-dealkylation sites (tertiary alicyclic amines) is 1. The lowest BCUT2D eigenvalue weighted by atomic mass is 9.99. The molecule has 0 aromatic carbocycles. The van der Waals surface area contributed by atoms with Gasteiger partial charge in [0.05, 0.1) is 0 Å². The second kappa shape index (κ2) is 7.05. The number of amides is 1. The van der Waals surface area contributed by atoms with Gasteiger partial charge in [0.2, 0.25) is 17.6 Å². The summed E-state index contributed by atoms with van der Waals surface area (Å²) in [5, 5.41) is 7.94. The van der Waals surface area contributed by atoms with Crippen molar-refractivity contribution in [2.45, 2.75) is 51.5 Å². The average molecular weight is 319 g/mol. The fraction of sp³-hybridized carbons (Fsp3) is 0.562. The van der Waals surface area contributed by atoms with Crippen LogP contribution < -0.4 is 0 Å². The molecular formula is C16H21N3O2S. The van der Waals surface area contributed by atoms with Crippen LogP contribution in [0.3, 0.4) is 0 Å².